The number of carbonyl (C=O) groups is 15. The molecule has 6 saturated heterocycles. The molecule has 6 aromatic rings. The van der Waals surface area contributed by atoms with E-state index in [2.05, 4.69) is 49.5 Å². The van der Waals surface area contributed by atoms with E-state index in [1.807, 2.05) is 115 Å². The molecule has 0 aliphatic carbocycles. The van der Waals surface area contributed by atoms with Crippen molar-refractivity contribution in [3.63, 3.8) is 0 Å². The molecule has 0 spiro atoms. The van der Waals surface area contributed by atoms with E-state index in [0.29, 0.717) is 79.0 Å². The van der Waals surface area contributed by atoms with Gasteiger partial charge in [0.05, 0.1) is 46.8 Å². The second kappa shape index (κ2) is 51.8. The summed E-state index contributed by atoms with van der Waals surface area (Å²) in [6, 6.07) is 45.7. The highest BCUT2D eigenvalue weighted by Gasteiger charge is 2.47. The molecule has 36 nitrogen and oxygen atoms in total. The number of alkyl carbamates (subject to hydrolysis) is 2. The molecular weight excluding hydrogens is 1750 g/mol. The summed E-state index contributed by atoms with van der Waals surface area (Å²) < 4.78 is 36.4. The molecule has 6 fully saturated rings. The predicted molar refractivity (Wildman–Crippen MR) is 504 cm³/mol. The number of hydrogen-bond acceptors (Lipinski definition) is 23. The summed E-state index contributed by atoms with van der Waals surface area (Å²) in [5.41, 5.74) is -1.88. The van der Waals surface area contributed by atoms with Gasteiger partial charge in [0.1, 0.15) is 82.6 Å². The first kappa shape index (κ1) is 110. The van der Waals surface area contributed by atoms with Gasteiger partial charge in [0.25, 0.3) is 17.7 Å². The van der Waals surface area contributed by atoms with Crippen molar-refractivity contribution in [3.05, 3.63) is 197 Å². The Labute approximate surface area is 794 Å². The van der Waals surface area contributed by atoms with E-state index in [1.54, 1.807) is 135 Å². The van der Waals surface area contributed by atoms with Crippen molar-refractivity contribution in [1.82, 2.24) is 62.1 Å². The van der Waals surface area contributed by atoms with Gasteiger partial charge in [0.2, 0.25) is 41.7 Å². The van der Waals surface area contributed by atoms with Gasteiger partial charge in [0.15, 0.2) is 0 Å². The summed E-state index contributed by atoms with van der Waals surface area (Å²) in [7, 11) is 4.63. The van der Waals surface area contributed by atoms with Gasteiger partial charge in [-0.15, -0.1) is 0 Å². The average Bonchev–Trinajstić information content (AvgIpc) is 1.59. The second-order valence-electron chi connectivity index (χ2n) is 36.5. The fraction of sp³-hybridized carbons (Fsp3) is 0.490. The molecule has 36 heteroatoms. The predicted octanol–water partition coefficient (Wildman–Crippen LogP) is 9.97. The standard InChI is InChI=1S/C28H33N3O7.C21H27N3O7.2C17H24N2O3.C12H15NO4.C5H11N/c1-28(2,30-24(33)19-11-13-20(36-3)14-12-19)27(35)31-15-7-10-22(31)25(34)29-21-16-23(32)38-26(21)37-17-18-8-5-4-6-9-18;1-21(2,23-18(28)13-6-8-15(31-3)9-7-13)20(30)24-10-4-5-16(24)19(29)22-14(12-25)11-17(26)27;1-12-6-5-11-19(12)16(21)17(2,3)18-15(20)13-7-9-14(22-4)10-8-13;1-13-8-7-11-19(13)15(20)17(2,3)18-16(21)22-12-14-9-5-4-6-10-14;1-12(2,10(14)15)13-11(16)17-8-9-6-4-3-5-7-9;1-5-3-2-4-6-5/h4-6,8-9,11-14,21-22,26H,7,10,15-17H2,1-3H3,(H,29,34)(H,30,33);6-9,12,14,16H,4-5,10-11H2,1-3H3,(H,22,29)(H,23,28)(H,26,27);7-10,12H,5-6,11H2,1-4H3,(H,18,20);4-6,9-10,13H,7-8,11-12H2,1-3H3,(H,18,21);3-7H,8H2,1-2H3,(H,13,16)(H,14,15);5-6H,2-4H2,1H3/t21-,22?,26?;14-,16?;12-;13-;;5-/m0011.1/s1. The maximum atomic E-state index is 13.5. The van der Waals surface area contributed by atoms with E-state index in [1.165, 1.54) is 57.3 Å². The van der Waals surface area contributed by atoms with Crippen LogP contribution in [0, 0.1) is 0 Å². The SMILES string of the molecule is CC(C)(NC(=O)OCc1ccccc1)C(=O)O.COc1ccc(C(=O)NC(C)(C)C(=O)N2CCCC2C(=O)N[C@H](C=O)CC(=O)O)cc1.COc1ccc(C(=O)NC(C)(C)C(=O)N2CCCC2C(=O)N[C@H]2CC(=O)OC2OCc2ccccc2)cc1.COc1ccc(C(=O)NC(C)(C)C(=O)N2CCC[C@H]2C)cc1.C[C@@H]1CCCN1.C[C@@H]1CCCN1C(=O)C(C)(C)NC(=O)OCc1ccccc1. The topological polar surface area (TPSA) is 470 Å². The number of benzene rings is 6. The van der Waals surface area contributed by atoms with E-state index in [-0.39, 0.29) is 67.9 Å². The number of esters is 1. The number of methoxy groups -OCH3 is 3. The highest BCUT2D eigenvalue weighted by Crippen LogP contribution is 2.29. The molecule has 0 aromatic heterocycles. The smallest absolute Gasteiger partial charge is 0.408 e. The van der Waals surface area contributed by atoms with Crippen LogP contribution in [0.25, 0.3) is 0 Å². The van der Waals surface area contributed by atoms with Crippen molar-refractivity contribution in [2.45, 2.75) is 263 Å². The van der Waals surface area contributed by atoms with Crippen molar-refractivity contribution >= 4 is 89.5 Å². The second-order valence-corrected chi connectivity index (χ2v) is 36.5. The highest BCUT2D eigenvalue weighted by molar-refractivity contribution is 6.02. The third kappa shape index (κ3) is 33.8. The minimum absolute atomic E-state index is 0.0186. The van der Waals surface area contributed by atoms with Gasteiger partial charge in [-0.3, -0.25) is 52.7 Å². The van der Waals surface area contributed by atoms with Gasteiger partial charge in [-0.25, -0.2) is 14.4 Å². The average molecular weight is 1890 g/mol. The lowest BCUT2D eigenvalue weighted by atomic mass is 10.0. The number of hydrogen-bond donors (Lipinski definition) is 10. The van der Waals surface area contributed by atoms with E-state index in [4.69, 9.17) is 43.4 Å². The van der Waals surface area contributed by atoms with E-state index in [0.717, 1.165) is 61.5 Å². The third-order valence-corrected chi connectivity index (χ3v) is 23.3. The molecule has 10 N–H and O–H groups in total. The molecule has 0 saturated carbocycles. The highest BCUT2D eigenvalue weighted by atomic mass is 16.7. The van der Waals surface area contributed by atoms with Crippen LogP contribution in [0.2, 0.25) is 0 Å². The Morgan fingerprint density at radius 2 is 0.787 bits per heavy atom. The van der Waals surface area contributed by atoms with Crippen molar-refractivity contribution in [2.75, 3.05) is 54.1 Å². The first-order valence-corrected chi connectivity index (χ1v) is 45.5. The third-order valence-electron chi connectivity index (χ3n) is 23.3. The summed E-state index contributed by atoms with van der Waals surface area (Å²) in [4.78, 5) is 190. The Morgan fingerprint density at radius 1 is 0.441 bits per heavy atom. The molecule has 0 radical (unpaired) electrons. The molecule has 6 aliphatic rings. The van der Waals surface area contributed by atoms with E-state index >= 15 is 0 Å². The van der Waals surface area contributed by atoms with E-state index in [9.17, 15) is 71.9 Å². The molecule has 3 unspecified atom stereocenters. The van der Waals surface area contributed by atoms with E-state index < -0.39 is 118 Å². The minimum atomic E-state index is -1.34. The molecule has 738 valence electrons. The zero-order valence-electron chi connectivity index (χ0n) is 80.6. The zero-order chi connectivity index (χ0) is 100. The number of aliphatic carboxylic acids is 2. The number of carbonyl (C=O) groups excluding carboxylic acids is 13. The minimum Gasteiger partial charge on any atom is -0.497 e. The molecule has 8 atom stereocenters. The first-order chi connectivity index (χ1) is 64.3. The van der Waals surface area contributed by atoms with Crippen molar-refractivity contribution in [2.24, 2.45) is 0 Å². The fourth-order valence-electron chi connectivity index (χ4n) is 15.4. The Morgan fingerprint density at radius 3 is 1.11 bits per heavy atom. The molecule has 6 aromatic carbocycles. The fourth-order valence-corrected chi connectivity index (χ4v) is 15.4. The Hall–Kier alpha value is -13.5. The van der Waals surface area contributed by atoms with Crippen LogP contribution in [0.1, 0.15) is 215 Å². The molecule has 136 heavy (non-hydrogen) atoms. The molecule has 6 heterocycles. The number of carboxylic acids is 2. The number of amides is 11. The van der Waals surface area contributed by atoms with Crippen LogP contribution >= 0.6 is 0 Å². The quantitative estimate of drug-likeness (QED) is 0.0114. The normalized spacial score (nSPS) is 18.5. The molecular formula is C100H134N12O24. The summed E-state index contributed by atoms with van der Waals surface area (Å²) in [5.74, 6) is -3.91. The molecule has 0 bridgehead atoms. The summed E-state index contributed by atoms with van der Waals surface area (Å²) in [5, 5.41) is 39.4. The zero-order valence-corrected chi connectivity index (χ0v) is 80.6. The van der Waals surface area contributed by atoms with Gasteiger partial charge in [-0.2, -0.15) is 0 Å². The van der Waals surface area contributed by atoms with Gasteiger partial charge < -0.3 is 110 Å². The Kier molecular flexibility index (Phi) is 41.7. The van der Waals surface area contributed by atoms with Crippen LogP contribution in [-0.4, -0.2) is 250 Å². The Balaban J connectivity index is 0.000000234. The van der Waals surface area contributed by atoms with Crippen LogP contribution in [0.5, 0.6) is 17.2 Å². The maximum absolute atomic E-state index is 13.5. The maximum Gasteiger partial charge on any atom is 0.408 e. The molecule has 11 amide bonds. The first-order valence-electron chi connectivity index (χ1n) is 45.5. The number of cyclic esters (lactones) is 1. The van der Waals surface area contributed by atoms with Crippen LogP contribution in [0.3, 0.4) is 0 Å². The number of likely N-dealkylation sites (tertiary alicyclic amines) is 4. The van der Waals surface area contributed by atoms with Crippen LogP contribution < -0.4 is 56.7 Å². The summed E-state index contributed by atoms with van der Waals surface area (Å²) in [6.07, 6.45) is 6.42. The van der Waals surface area contributed by atoms with Crippen molar-refractivity contribution < 1.29 is 115 Å². The van der Waals surface area contributed by atoms with Crippen LogP contribution in [0.15, 0.2) is 164 Å². The number of rotatable bonds is 30. The largest absolute Gasteiger partial charge is 0.497 e. The number of nitrogens with zero attached hydrogens (tertiary/aromatic N) is 4. The van der Waals surface area contributed by atoms with Gasteiger partial charge >= 0.3 is 30.1 Å². The molecule has 6 aliphatic heterocycles. The lowest BCUT2D eigenvalue weighted by Gasteiger charge is -2.33. The van der Waals surface area contributed by atoms with Gasteiger partial charge in [0, 0.05) is 61.0 Å². The van der Waals surface area contributed by atoms with Crippen molar-refractivity contribution in [3.8, 4) is 17.2 Å². The summed E-state index contributed by atoms with van der Waals surface area (Å²) >= 11 is 0. The number of aldehydes is 1. The number of nitrogens with one attached hydrogen (secondary N) is 8. The number of ether oxygens (including phenoxy) is 7. The van der Waals surface area contributed by atoms with Crippen LogP contribution in [-0.2, 0) is 86.7 Å². The lowest BCUT2D eigenvalue weighted by molar-refractivity contribution is -0.168. The Bertz CT molecular complexity index is 5000. The van der Waals surface area contributed by atoms with Crippen LogP contribution in [0.4, 0.5) is 9.59 Å². The van der Waals surface area contributed by atoms with Gasteiger partial charge in [-0.1, -0.05) is 91.0 Å². The lowest BCUT2D eigenvalue weighted by Crippen LogP contribution is -2.59. The number of carboxylic acid groups (broad SMARTS) is 2. The molecule has 12 rings (SSSR count). The summed E-state index contributed by atoms with van der Waals surface area (Å²) in [6.45, 7) is 26.3. The monoisotopic (exact) mass is 1890 g/mol. The van der Waals surface area contributed by atoms with Crippen molar-refractivity contribution in [1.29, 1.82) is 0 Å². The van der Waals surface area contributed by atoms with Gasteiger partial charge in [-0.05, 0) is 250 Å².